The molecule has 0 aromatic heterocycles. The monoisotopic (exact) mass is 225 g/mol. The minimum absolute atomic E-state index is 0.347. The van der Waals surface area contributed by atoms with E-state index in [4.69, 9.17) is 0 Å². The summed E-state index contributed by atoms with van der Waals surface area (Å²) in [5, 5.41) is 10.4. The van der Waals surface area contributed by atoms with Gasteiger partial charge in [0.2, 0.25) is 0 Å². The van der Waals surface area contributed by atoms with Gasteiger partial charge in [-0.05, 0) is 44.2 Å². The van der Waals surface area contributed by atoms with Crippen LogP contribution < -0.4 is 0 Å². The van der Waals surface area contributed by atoms with E-state index < -0.39 is 0 Å². The van der Waals surface area contributed by atoms with E-state index in [2.05, 4.69) is 18.7 Å². The summed E-state index contributed by atoms with van der Waals surface area (Å²) in [4.78, 5) is 2.49. The zero-order valence-corrected chi connectivity index (χ0v) is 11.0. The van der Waals surface area contributed by atoms with E-state index in [1.54, 1.807) is 0 Å². The Balaban J connectivity index is 1.81. The first-order valence-electron chi connectivity index (χ1n) is 7.00. The first-order chi connectivity index (χ1) is 7.55. The highest BCUT2D eigenvalue weighted by Crippen LogP contribution is 2.36. The standard InChI is InChI=1S/C14H27NO/c1-3-13(2)8-10-15(11-9-13)12-14(16)6-4-5-7-14/h16H,3-12H2,1-2H3. The van der Waals surface area contributed by atoms with Crippen molar-refractivity contribution in [1.82, 2.24) is 4.90 Å². The molecule has 0 aromatic rings. The van der Waals surface area contributed by atoms with Crippen molar-refractivity contribution in [2.45, 2.75) is 64.4 Å². The summed E-state index contributed by atoms with van der Waals surface area (Å²) in [5.41, 5.74) is 0.217. The van der Waals surface area contributed by atoms with Crippen LogP contribution in [-0.4, -0.2) is 35.2 Å². The lowest BCUT2D eigenvalue weighted by molar-refractivity contribution is -0.00866. The largest absolute Gasteiger partial charge is 0.389 e. The van der Waals surface area contributed by atoms with Crippen LogP contribution in [0.15, 0.2) is 0 Å². The highest BCUT2D eigenvalue weighted by Gasteiger charge is 2.35. The third kappa shape index (κ3) is 2.78. The average Bonchev–Trinajstić information content (AvgIpc) is 2.69. The molecule has 2 heteroatoms. The summed E-state index contributed by atoms with van der Waals surface area (Å²) in [6.45, 7) is 8.01. The number of hydrogen-bond donors (Lipinski definition) is 1. The third-order valence-electron chi connectivity index (χ3n) is 4.97. The van der Waals surface area contributed by atoms with E-state index in [1.807, 2.05) is 0 Å². The van der Waals surface area contributed by atoms with Crippen molar-refractivity contribution in [2.24, 2.45) is 5.41 Å². The van der Waals surface area contributed by atoms with E-state index in [0.29, 0.717) is 5.41 Å². The molecule has 0 radical (unpaired) electrons. The van der Waals surface area contributed by atoms with Crippen LogP contribution >= 0.6 is 0 Å². The molecule has 0 bridgehead atoms. The number of rotatable bonds is 3. The zero-order valence-electron chi connectivity index (χ0n) is 11.0. The molecule has 0 aromatic carbocycles. The van der Waals surface area contributed by atoms with Crippen molar-refractivity contribution < 1.29 is 5.11 Å². The maximum Gasteiger partial charge on any atom is 0.0774 e. The van der Waals surface area contributed by atoms with Gasteiger partial charge in [-0.2, -0.15) is 0 Å². The molecule has 2 aliphatic rings. The molecule has 0 spiro atoms. The molecule has 94 valence electrons. The summed E-state index contributed by atoms with van der Waals surface area (Å²) < 4.78 is 0. The quantitative estimate of drug-likeness (QED) is 0.798. The number of aliphatic hydroxyl groups is 1. The Morgan fingerprint density at radius 2 is 1.62 bits per heavy atom. The van der Waals surface area contributed by atoms with Crippen LogP contribution in [0.5, 0.6) is 0 Å². The minimum Gasteiger partial charge on any atom is -0.389 e. The highest BCUT2D eigenvalue weighted by atomic mass is 16.3. The first kappa shape index (κ1) is 12.4. The van der Waals surface area contributed by atoms with Crippen LogP contribution in [0.3, 0.4) is 0 Å². The Hall–Kier alpha value is -0.0800. The highest BCUT2D eigenvalue weighted by molar-refractivity contribution is 4.90. The second-order valence-corrected chi connectivity index (χ2v) is 6.37. The molecule has 2 fully saturated rings. The minimum atomic E-state index is -0.347. The Morgan fingerprint density at radius 1 is 1.06 bits per heavy atom. The van der Waals surface area contributed by atoms with Gasteiger partial charge in [-0.1, -0.05) is 33.1 Å². The predicted molar refractivity (Wildman–Crippen MR) is 67.5 cm³/mol. The smallest absolute Gasteiger partial charge is 0.0774 e. The second kappa shape index (κ2) is 4.66. The van der Waals surface area contributed by atoms with E-state index in [-0.39, 0.29) is 5.60 Å². The van der Waals surface area contributed by atoms with Gasteiger partial charge in [0, 0.05) is 6.54 Å². The van der Waals surface area contributed by atoms with Crippen molar-refractivity contribution in [2.75, 3.05) is 19.6 Å². The summed E-state index contributed by atoms with van der Waals surface area (Å²) in [6, 6.07) is 0. The Kier molecular flexibility index (Phi) is 3.60. The fourth-order valence-electron chi connectivity index (χ4n) is 3.21. The predicted octanol–water partition coefficient (Wildman–Crippen LogP) is 2.80. The maximum absolute atomic E-state index is 10.4. The summed E-state index contributed by atoms with van der Waals surface area (Å²) in [6.07, 6.45) is 8.39. The molecular formula is C14H27NO. The van der Waals surface area contributed by atoms with Crippen LogP contribution in [0.2, 0.25) is 0 Å². The number of β-amino-alcohol motifs (C(OH)–C–C–N with tert-alkyl or cyclic N) is 1. The summed E-state index contributed by atoms with van der Waals surface area (Å²) in [7, 11) is 0. The Bertz CT molecular complexity index is 225. The van der Waals surface area contributed by atoms with E-state index in [9.17, 15) is 5.11 Å². The van der Waals surface area contributed by atoms with Crippen molar-refractivity contribution in [1.29, 1.82) is 0 Å². The van der Waals surface area contributed by atoms with Gasteiger partial charge in [0.15, 0.2) is 0 Å². The van der Waals surface area contributed by atoms with Crippen LogP contribution in [0.25, 0.3) is 0 Å². The van der Waals surface area contributed by atoms with E-state index >= 15 is 0 Å². The van der Waals surface area contributed by atoms with Crippen molar-refractivity contribution >= 4 is 0 Å². The lowest BCUT2D eigenvalue weighted by Gasteiger charge is -2.41. The summed E-state index contributed by atoms with van der Waals surface area (Å²) in [5.74, 6) is 0. The van der Waals surface area contributed by atoms with Crippen molar-refractivity contribution in [3.8, 4) is 0 Å². The lowest BCUT2D eigenvalue weighted by Crippen LogP contribution is -2.46. The van der Waals surface area contributed by atoms with E-state index in [0.717, 1.165) is 19.4 Å². The van der Waals surface area contributed by atoms with Gasteiger partial charge in [-0.15, -0.1) is 0 Å². The third-order valence-corrected chi connectivity index (χ3v) is 4.97. The van der Waals surface area contributed by atoms with Gasteiger partial charge in [0.25, 0.3) is 0 Å². The van der Waals surface area contributed by atoms with Crippen LogP contribution in [0, 0.1) is 5.41 Å². The molecule has 0 amide bonds. The van der Waals surface area contributed by atoms with Crippen LogP contribution in [0.4, 0.5) is 0 Å². The lowest BCUT2D eigenvalue weighted by atomic mass is 9.78. The fraction of sp³-hybridized carbons (Fsp3) is 1.00. The van der Waals surface area contributed by atoms with Crippen LogP contribution in [-0.2, 0) is 0 Å². The fourth-order valence-corrected chi connectivity index (χ4v) is 3.21. The SMILES string of the molecule is CCC1(C)CCN(CC2(O)CCCC2)CC1. The maximum atomic E-state index is 10.4. The molecule has 0 atom stereocenters. The van der Waals surface area contributed by atoms with Crippen molar-refractivity contribution in [3.05, 3.63) is 0 Å². The van der Waals surface area contributed by atoms with Gasteiger partial charge in [-0.3, -0.25) is 0 Å². The molecule has 16 heavy (non-hydrogen) atoms. The molecule has 2 rings (SSSR count). The summed E-state index contributed by atoms with van der Waals surface area (Å²) >= 11 is 0. The number of hydrogen-bond acceptors (Lipinski definition) is 2. The normalized spacial score (nSPS) is 29.4. The van der Waals surface area contributed by atoms with Gasteiger partial charge in [-0.25, -0.2) is 0 Å². The molecule has 1 saturated heterocycles. The van der Waals surface area contributed by atoms with Gasteiger partial charge >= 0.3 is 0 Å². The Morgan fingerprint density at radius 3 is 2.12 bits per heavy atom. The average molecular weight is 225 g/mol. The van der Waals surface area contributed by atoms with Crippen LogP contribution in [0.1, 0.15) is 58.8 Å². The molecule has 0 unspecified atom stereocenters. The number of nitrogens with zero attached hydrogens (tertiary/aromatic N) is 1. The van der Waals surface area contributed by atoms with Gasteiger partial charge in [0.05, 0.1) is 5.60 Å². The second-order valence-electron chi connectivity index (χ2n) is 6.37. The molecule has 1 heterocycles. The van der Waals surface area contributed by atoms with Gasteiger partial charge < -0.3 is 10.0 Å². The first-order valence-corrected chi connectivity index (χ1v) is 7.00. The molecule has 1 aliphatic heterocycles. The van der Waals surface area contributed by atoms with Crippen molar-refractivity contribution in [3.63, 3.8) is 0 Å². The molecule has 2 nitrogen and oxygen atoms in total. The number of piperidine rings is 1. The molecular weight excluding hydrogens is 198 g/mol. The van der Waals surface area contributed by atoms with Gasteiger partial charge in [0.1, 0.15) is 0 Å². The molecule has 1 aliphatic carbocycles. The zero-order chi connectivity index (χ0) is 11.6. The number of likely N-dealkylation sites (tertiary alicyclic amines) is 1. The Labute approximate surface area is 100 Å². The molecule has 1 N–H and O–H groups in total. The molecule has 1 saturated carbocycles. The topological polar surface area (TPSA) is 23.5 Å². The van der Waals surface area contributed by atoms with E-state index in [1.165, 1.54) is 45.2 Å².